The number of carbonyl (C=O) groups excluding carboxylic acids is 1. The maximum Gasteiger partial charge on any atom is 0.233 e. The van der Waals surface area contributed by atoms with Gasteiger partial charge in [-0.25, -0.2) is 0 Å². The fourth-order valence-corrected chi connectivity index (χ4v) is 3.52. The van der Waals surface area contributed by atoms with E-state index in [1.54, 1.807) is 18.0 Å². The predicted octanol–water partition coefficient (Wildman–Crippen LogP) is 3.08. The van der Waals surface area contributed by atoms with E-state index in [4.69, 9.17) is 0 Å². The predicted molar refractivity (Wildman–Crippen MR) is 101 cm³/mol. The van der Waals surface area contributed by atoms with Gasteiger partial charge in [0.2, 0.25) is 5.91 Å². The van der Waals surface area contributed by atoms with Gasteiger partial charge in [-0.2, -0.15) is 0 Å². The zero-order valence-electron chi connectivity index (χ0n) is 13.6. The van der Waals surface area contributed by atoms with Gasteiger partial charge in [-0.1, -0.05) is 23.8 Å². The lowest BCUT2D eigenvalue weighted by Crippen LogP contribution is -2.49. The SMILES string of the molecule is Cc1ccc(SCC(=O)N2CCNCC2c2cccnc2)cc1.Cl. The smallest absolute Gasteiger partial charge is 0.233 e. The highest BCUT2D eigenvalue weighted by atomic mass is 35.5. The number of aryl methyl sites for hydroxylation is 1. The highest BCUT2D eigenvalue weighted by Gasteiger charge is 2.27. The van der Waals surface area contributed by atoms with Crippen LogP contribution in [0.3, 0.4) is 0 Å². The van der Waals surface area contributed by atoms with Crippen molar-refractivity contribution in [3.63, 3.8) is 0 Å². The summed E-state index contributed by atoms with van der Waals surface area (Å²) >= 11 is 1.60. The molecule has 1 amide bonds. The van der Waals surface area contributed by atoms with Crippen LogP contribution in [0.2, 0.25) is 0 Å². The summed E-state index contributed by atoms with van der Waals surface area (Å²) in [5.74, 6) is 0.658. The number of hydrogen-bond acceptors (Lipinski definition) is 4. The van der Waals surface area contributed by atoms with Crippen molar-refractivity contribution in [1.82, 2.24) is 15.2 Å². The third-order valence-corrected chi connectivity index (χ3v) is 5.01. The van der Waals surface area contributed by atoms with Gasteiger partial charge in [0.15, 0.2) is 0 Å². The molecule has 0 radical (unpaired) electrons. The van der Waals surface area contributed by atoms with Gasteiger partial charge in [0.1, 0.15) is 0 Å². The van der Waals surface area contributed by atoms with E-state index in [2.05, 4.69) is 41.5 Å². The number of piperazine rings is 1. The second-order valence-corrected chi connectivity index (χ2v) is 6.74. The van der Waals surface area contributed by atoms with Crippen LogP contribution in [0.1, 0.15) is 17.2 Å². The first-order chi connectivity index (χ1) is 11.2. The number of hydrogen-bond donors (Lipinski definition) is 1. The first-order valence-corrected chi connectivity index (χ1v) is 8.82. The normalized spacial score (nSPS) is 17.2. The third kappa shape index (κ3) is 4.72. The van der Waals surface area contributed by atoms with Gasteiger partial charge in [0.25, 0.3) is 0 Å². The third-order valence-electron chi connectivity index (χ3n) is 4.02. The van der Waals surface area contributed by atoms with E-state index in [0.29, 0.717) is 5.75 Å². The van der Waals surface area contributed by atoms with Gasteiger partial charge >= 0.3 is 0 Å². The number of carbonyl (C=O) groups is 1. The molecule has 3 rings (SSSR count). The van der Waals surface area contributed by atoms with Crippen molar-refractivity contribution in [1.29, 1.82) is 0 Å². The van der Waals surface area contributed by atoms with E-state index in [1.165, 1.54) is 5.56 Å². The summed E-state index contributed by atoms with van der Waals surface area (Å²) in [7, 11) is 0. The number of benzene rings is 1. The summed E-state index contributed by atoms with van der Waals surface area (Å²) in [5.41, 5.74) is 2.33. The summed E-state index contributed by atoms with van der Waals surface area (Å²) in [5, 5.41) is 3.37. The number of halogens is 1. The average Bonchev–Trinajstić information content (AvgIpc) is 2.62. The monoisotopic (exact) mass is 363 g/mol. The van der Waals surface area contributed by atoms with Crippen molar-refractivity contribution in [3.8, 4) is 0 Å². The summed E-state index contributed by atoms with van der Waals surface area (Å²) in [6.45, 7) is 4.44. The van der Waals surface area contributed by atoms with E-state index in [0.717, 1.165) is 30.1 Å². The summed E-state index contributed by atoms with van der Waals surface area (Å²) in [4.78, 5) is 20.0. The lowest BCUT2D eigenvalue weighted by Gasteiger charge is -2.36. The maximum atomic E-state index is 12.7. The Bertz CT molecular complexity index is 651. The van der Waals surface area contributed by atoms with Crippen LogP contribution >= 0.6 is 24.2 Å². The van der Waals surface area contributed by atoms with Crippen molar-refractivity contribution in [2.24, 2.45) is 0 Å². The van der Waals surface area contributed by atoms with Gasteiger partial charge < -0.3 is 10.2 Å². The number of pyridine rings is 1. The Morgan fingerprint density at radius 2 is 2.12 bits per heavy atom. The molecule has 0 spiro atoms. The maximum absolute atomic E-state index is 12.7. The minimum absolute atomic E-state index is 0. The molecule has 1 N–H and O–H groups in total. The van der Waals surface area contributed by atoms with E-state index in [-0.39, 0.29) is 24.4 Å². The first-order valence-electron chi connectivity index (χ1n) is 7.83. The quantitative estimate of drug-likeness (QED) is 0.848. The zero-order valence-corrected chi connectivity index (χ0v) is 15.3. The Kier molecular flexibility index (Phi) is 7.09. The molecule has 0 bridgehead atoms. The largest absolute Gasteiger partial charge is 0.332 e. The van der Waals surface area contributed by atoms with Crippen LogP contribution in [0.25, 0.3) is 0 Å². The molecule has 1 atom stereocenters. The summed E-state index contributed by atoms with van der Waals surface area (Å²) < 4.78 is 0. The molecule has 1 aromatic carbocycles. The Balaban J connectivity index is 0.00000208. The molecule has 2 aromatic rings. The number of thioether (sulfide) groups is 1. The first kappa shape index (κ1) is 18.8. The molecule has 2 heterocycles. The minimum atomic E-state index is 0. The van der Waals surface area contributed by atoms with Crippen LogP contribution in [0.15, 0.2) is 53.7 Å². The molecule has 1 aliphatic heterocycles. The molecule has 1 aromatic heterocycles. The Morgan fingerprint density at radius 1 is 1.33 bits per heavy atom. The Morgan fingerprint density at radius 3 is 2.83 bits per heavy atom. The molecule has 0 aliphatic carbocycles. The zero-order chi connectivity index (χ0) is 16.1. The number of amides is 1. The van der Waals surface area contributed by atoms with Crippen LogP contribution in [0, 0.1) is 6.92 Å². The molecule has 24 heavy (non-hydrogen) atoms. The molecule has 6 heteroatoms. The molecule has 1 fully saturated rings. The van der Waals surface area contributed by atoms with Crippen LogP contribution < -0.4 is 5.32 Å². The molecule has 128 valence electrons. The fourth-order valence-electron chi connectivity index (χ4n) is 2.74. The molecule has 1 aliphatic rings. The molecular weight excluding hydrogens is 342 g/mol. The molecule has 4 nitrogen and oxygen atoms in total. The standard InChI is InChI=1S/C18H21N3OS.ClH/c1-14-4-6-16(7-5-14)23-13-18(22)21-10-9-20-12-17(21)15-3-2-8-19-11-15;/h2-8,11,17,20H,9-10,12-13H2,1H3;1H. The van der Waals surface area contributed by atoms with Crippen LogP contribution in [0.4, 0.5) is 0 Å². The second kappa shape index (κ2) is 9.06. The van der Waals surface area contributed by atoms with Gasteiger partial charge in [0, 0.05) is 36.9 Å². The minimum Gasteiger partial charge on any atom is -0.332 e. The lowest BCUT2D eigenvalue weighted by atomic mass is 10.1. The van der Waals surface area contributed by atoms with Crippen molar-refractivity contribution in [2.75, 3.05) is 25.4 Å². The topological polar surface area (TPSA) is 45.2 Å². The van der Waals surface area contributed by atoms with E-state index in [1.807, 2.05) is 23.2 Å². The van der Waals surface area contributed by atoms with E-state index >= 15 is 0 Å². The van der Waals surface area contributed by atoms with E-state index in [9.17, 15) is 4.79 Å². The van der Waals surface area contributed by atoms with Gasteiger partial charge in [-0.15, -0.1) is 24.2 Å². The van der Waals surface area contributed by atoms with Gasteiger partial charge in [-0.3, -0.25) is 9.78 Å². The van der Waals surface area contributed by atoms with E-state index < -0.39 is 0 Å². The highest BCUT2D eigenvalue weighted by molar-refractivity contribution is 8.00. The van der Waals surface area contributed by atoms with Gasteiger partial charge in [0.05, 0.1) is 11.8 Å². The number of rotatable bonds is 4. The highest BCUT2D eigenvalue weighted by Crippen LogP contribution is 2.24. The number of nitrogens with one attached hydrogen (secondary N) is 1. The van der Waals surface area contributed by atoms with Crippen molar-refractivity contribution in [3.05, 3.63) is 59.9 Å². The number of nitrogens with zero attached hydrogens (tertiary/aromatic N) is 2. The average molecular weight is 364 g/mol. The molecule has 0 saturated carbocycles. The summed E-state index contributed by atoms with van der Waals surface area (Å²) in [6.07, 6.45) is 3.62. The number of aromatic nitrogens is 1. The lowest BCUT2D eigenvalue weighted by molar-refractivity contribution is -0.131. The Hall–Kier alpha value is -1.56. The molecule has 1 unspecified atom stereocenters. The van der Waals surface area contributed by atoms with Crippen molar-refractivity contribution >= 4 is 30.1 Å². The van der Waals surface area contributed by atoms with Crippen molar-refractivity contribution < 1.29 is 4.79 Å². The van der Waals surface area contributed by atoms with Gasteiger partial charge in [-0.05, 0) is 30.7 Å². The summed E-state index contributed by atoms with van der Waals surface area (Å²) in [6, 6.07) is 12.3. The van der Waals surface area contributed by atoms with Crippen LogP contribution in [0.5, 0.6) is 0 Å². The fraction of sp³-hybridized carbons (Fsp3) is 0.333. The van der Waals surface area contributed by atoms with Crippen LogP contribution in [-0.4, -0.2) is 41.2 Å². The molecule has 1 saturated heterocycles. The second-order valence-electron chi connectivity index (χ2n) is 5.70. The Labute approximate surface area is 153 Å². The van der Waals surface area contributed by atoms with Crippen molar-refractivity contribution in [2.45, 2.75) is 17.9 Å². The van der Waals surface area contributed by atoms with Crippen LogP contribution in [-0.2, 0) is 4.79 Å². The molecular formula is C18H22ClN3OS.